The van der Waals surface area contributed by atoms with Crippen LogP contribution in [0, 0.1) is 0 Å². The molecule has 6 heteroatoms. The van der Waals surface area contributed by atoms with Gasteiger partial charge < -0.3 is 10.6 Å². The third-order valence-corrected chi connectivity index (χ3v) is 3.17. The van der Waals surface area contributed by atoms with Crippen LogP contribution < -0.4 is 10.6 Å². The Hall–Kier alpha value is -2.14. The molecule has 1 heterocycles. The molecule has 0 unspecified atom stereocenters. The van der Waals surface area contributed by atoms with Crippen molar-refractivity contribution in [3.05, 3.63) is 52.9 Å². The largest absolute Gasteiger partial charge is 0.365 e. The summed E-state index contributed by atoms with van der Waals surface area (Å²) in [6.07, 6.45) is 1.37. The lowest BCUT2D eigenvalue weighted by Crippen LogP contribution is -2.28. The van der Waals surface area contributed by atoms with Crippen LogP contribution in [-0.4, -0.2) is 21.4 Å². The third-order valence-electron chi connectivity index (χ3n) is 2.80. The summed E-state index contributed by atoms with van der Waals surface area (Å²) in [5.41, 5.74) is 1.04. The van der Waals surface area contributed by atoms with Crippen molar-refractivity contribution in [3.8, 4) is 0 Å². The van der Waals surface area contributed by atoms with Crippen LogP contribution in [0.4, 0.5) is 5.82 Å². The molecule has 0 radical (unpaired) electrons. The Morgan fingerprint density at radius 1 is 1.23 bits per heavy atom. The predicted molar refractivity (Wildman–Crippen MR) is 88.0 cm³/mol. The van der Waals surface area contributed by atoms with Crippen molar-refractivity contribution in [3.63, 3.8) is 0 Å². The second kappa shape index (κ2) is 6.75. The molecule has 0 atom stereocenters. The molecule has 2 rings (SSSR count). The molecule has 1 aromatic heterocycles. The first-order valence-corrected chi connectivity index (χ1v) is 7.35. The van der Waals surface area contributed by atoms with Gasteiger partial charge >= 0.3 is 0 Å². The van der Waals surface area contributed by atoms with Crippen molar-refractivity contribution >= 4 is 23.3 Å². The zero-order valence-electron chi connectivity index (χ0n) is 12.9. The van der Waals surface area contributed by atoms with Gasteiger partial charge in [0.05, 0.1) is 0 Å². The number of hydrogen-bond acceptors (Lipinski definition) is 4. The van der Waals surface area contributed by atoms with E-state index in [1.165, 1.54) is 6.33 Å². The molecule has 0 bridgehead atoms. The first-order valence-electron chi connectivity index (χ1n) is 6.97. The smallest absolute Gasteiger partial charge is 0.270 e. The quantitative estimate of drug-likeness (QED) is 0.908. The molecule has 0 aliphatic heterocycles. The summed E-state index contributed by atoms with van der Waals surface area (Å²) in [5.74, 6) is 0.352. The number of aromatic nitrogens is 2. The minimum absolute atomic E-state index is 0.139. The Kier molecular flexibility index (Phi) is 4.98. The Morgan fingerprint density at radius 3 is 2.64 bits per heavy atom. The van der Waals surface area contributed by atoms with E-state index < -0.39 is 0 Å². The lowest BCUT2D eigenvalue weighted by atomic mass is 10.1. The highest BCUT2D eigenvalue weighted by atomic mass is 35.5. The van der Waals surface area contributed by atoms with Crippen molar-refractivity contribution in [1.29, 1.82) is 0 Å². The molecule has 5 nitrogen and oxygen atoms in total. The zero-order chi connectivity index (χ0) is 16.2. The summed E-state index contributed by atoms with van der Waals surface area (Å²) in [5, 5.41) is 6.64. The highest BCUT2D eigenvalue weighted by Crippen LogP contribution is 2.15. The summed E-state index contributed by atoms with van der Waals surface area (Å²) in [7, 11) is 0. The standard InChI is InChI=1S/C16H19ClN4O/c1-16(2,3)21-14-8-13(19-10-20-14)15(22)18-9-11-6-4-5-7-12(11)17/h4-8,10H,9H2,1-3H3,(H,18,22)(H,19,20,21). The topological polar surface area (TPSA) is 66.9 Å². The summed E-state index contributed by atoms with van der Waals surface area (Å²) < 4.78 is 0. The summed E-state index contributed by atoms with van der Waals surface area (Å²) in [6, 6.07) is 9.02. The average Bonchev–Trinajstić information content (AvgIpc) is 2.44. The number of halogens is 1. The van der Waals surface area contributed by atoms with Crippen LogP contribution in [0.5, 0.6) is 0 Å². The fourth-order valence-electron chi connectivity index (χ4n) is 1.84. The number of nitrogens with one attached hydrogen (secondary N) is 2. The monoisotopic (exact) mass is 318 g/mol. The molecular formula is C16H19ClN4O. The van der Waals surface area contributed by atoms with E-state index in [1.54, 1.807) is 12.1 Å². The van der Waals surface area contributed by atoms with Crippen molar-refractivity contribution in [2.75, 3.05) is 5.32 Å². The second-order valence-electron chi connectivity index (χ2n) is 5.94. The van der Waals surface area contributed by atoms with Gasteiger partial charge in [-0.15, -0.1) is 0 Å². The Morgan fingerprint density at radius 2 is 1.95 bits per heavy atom. The lowest BCUT2D eigenvalue weighted by Gasteiger charge is -2.21. The van der Waals surface area contributed by atoms with E-state index in [4.69, 9.17) is 11.6 Å². The Balaban J connectivity index is 2.04. The van der Waals surface area contributed by atoms with Gasteiger partial charge in [-0.25, -0.2) is 9.97 Å². The number of amides is 1. The Labute approximate surface area is 135 Å². The van der Waals surface area contributed by atoms with Crippen LogP contribution in [0.25, 0.3) is 0 Å². The minimum Gasteiger partial charge on any atom is -0.365 e. The van der Waals surface area contributed by atoms with Gasteiger partial charge in [0.1, 0.15) is 17.8 Å². The highest BCUT2D eigenvalue weighted by molar-refractivity contribution is 6.31. The van der Waals surface area contributed by atoms with Gasteiger partial charge in [-0.2, -0.15) is 0 Å². The van der Waals surface area contributed by atoms with Gasteiger partial charge in [0.25, 0.3) is 5.91 Å². The van der Waals surface area contributed by atoms with Gasteiger partial charge in [0, 0.05) is 23.2 Å². The number of rotatable bonds is 4. The van der Waals surface area contributed by atoms with Crippen molar-refractivity contribution < 1.29 is 4.79 Å². The van der Waals surface area contributed by atoms with Gasteiger partial charge in [-0.1, -0.05) is 29.8 Å². The molecule has 0 aliphatic rings. The van der Waals surface area contributed by atoms with Crippen molar-refractivity contribution in [1.82, 2.24) is 15.3 Å². The molecule has 0 fully saturated rings. The molecular weight excluding hydrogens is 300 g/mol. The number of nitrogens with zero attached hydrogens (tertiary/aromatic N) is 2. The molecule has 1 aromatic carbocycles. The number of anilines is 1. The fraction of sp³-hybridized carbons (Fsp3) is 0.312. The fourth-order valence-corrected chi connectivity index (χ4v) is 2.04. The van der Waals surface area contributed by atoms with Gasteiger partial charge in [0.15, 0.2) is 0 Å². The van der Waals surface area contributed by atoms with Gasteiger partial charge in [-0.3, -0.25) is 4.79 Å². The predicted octanol–water partition coefficient (Wildman–Crippen LogP) is 3.27. The molecule has 22 heavy (non-hydrogen) atoms. The van der Waals surface area contributed by atoms with Crippen molar-refractivity contribution in [2.24, 2.45) is 0 Å². The molecule has 1 amide bonds. The number of carbonyl (C=O) groups excluding carboxylic acids is 1. The number of benzene rings is 1. The Bertz CT molecular complexity index is 667. The zero-order valence-corrected chi connectivity index (χ0v) is 13.6. The molecule has 2 aromatic rings. The maximum Gasteiger partial charge on any atom is 0.270 e. The van der Waals surface area contributed by atoms with Crippen LogP contribution in [0.1, 0.15) is 36.8 Å². The van der Waals surface area contributed by atoms with Crippen LogP contribution in [0.2, 0.25) is 5.02 Å². The molecule has 2 N–H and O–H groups in total. The van der Waals surface area contributed by atoms with E-state index in [0.29, 0.717) is 23.1 Å². The van der Waals surface area contributed by atoms with E-state index >= 15 is 0 Å². The van der Waals surface area contributed by atoms with Gasteiger partial charge in [0.2, 0.25) is 0 Å². The van der Waals surface area contributed by atoms with Crippen LogP contribution in [0.15, 0.2) is 36.7 Å². The average molecular weight is 319 g/mol. The summed E-state index contributed by atoms with van der Waals surface area (Å²) >= 11 is 6.06. The first kappa shape index (κ1) is 16.2. The molecule has 0 spiro atoms. The maximum atomic E-state index is 12.2. The van der Waals surface area contributed by atoms with Crippen molar-refractivity contribution in [2.45, 2.75) is 32.9 Å². The van der Waals surface area contributed by atoms with E-state index in [-0.39, 0.29) is 11.4 Å². The van der Waals surface area contributed by atoms with Crippen LogP contribution >= 0.6 is 11.6 Å². The minimum atomic E-state index is -0.265. The first-order chi connectivity index (χ1) is 10.3. The SMILES string of the molecule is CC(C)(C)Nc1cc(C(=O)NCc2ccccc2Cl)ncn1. The summed E-state index contributed by atoms with van der Waals surface area (Å²) in [6.45, 7) is 6.41. The normalized spacial score (nSPS) is 11.1. The number of hydrogen-bond donors (Lipinski definition) is 2. The molecule has 0 saturated heterocycles. The maximum absolute atomic E-state index is 12.2. The van der Waals surface area contributed by atoms with Crippen LogP contribution in [0.3, 0.4) is 0 Å². The molecule has 0 saturated carbocycles. The van der Waals surface area contributed by atoms with E-state index in [9.17, 15) is 4.79 Å². The third kappa shape index (κ3) is 4.70. The molecule has 116 valence electrons. The van der Waals surface area contributed by atoms with E-state index in [0.717, 1.165) is 5.56 Å². The second-order valence-corrected chi connectivity index (χ2v) is 6.34. The van der Waals surface area contributed by atoms with Crippen LogP contribution in [-0.2, 0) is 6.54 Å². The molecule has 0 aliphatic carbocycles. The highest BCUT2D eigenvalue weighted by Gasteiger charge is 2.13. The van der Waals surface area contributed by atoms with Gasteiger partial charge in [-0.05, 0) is 32.4 Å². The number of carbonyl (C=O) groups is 1. The van der Waals surface area contributed by atoms with E-state index in [1.807, 2.05) is 39.0 Å². The summed E-state index contributed by atoms with van der Waals surface area (Å²) in [4.78, 5) is 20.3. The lowest BCUT2D eigenvalue weighted by molar-refractivity contribution is 0.0946. The van der Waals surface area contributed by atoms with E-state index in [2.05, 4.69) is 20.6 Å².